The van der Waals surface area contributed by atoms with Gasteiger partial charge in [0, 0.05) is 24.8 Å². The van der Waals surface area contributed by atoms with E-state index in [2.05, 4.69) is 27.7 Å². The van der Waals surface area contributed by atoms with Crippen molar-refractivity contribution in [2.75, 3.05) is 25.0 Å². The lowest BCUT2D eigenvalue weighted by molar-refractivity contribution is -0.125. The molecular formula is C23H27N3O2. The second-order valence-electron chi connectivity index (χ2n) is 7.89. The first-order valence-electron chi connectivity index (χ1n) is 10.1. The van der Waals surface area contributed by atoms with Crippen molar-refractivity contribution in [3.63, 3.8) is 0 Å². The third kappa shape index (κ3) is 4.25. The number of hydrogen-bond donors (Lipinski definition) is 2. The van der Waals surface area contributed by atoms with Crippen molar-refractivity contribution in [2.45, 2.75) is 37.1 Å². The summed E-state index contributed by atoms with van der Waals surface area (Å²) in [5.74, 6) is 0.175. The summed E-state index contributed by atoms with van der Waals surface area (Å²) in [6, 6.07) is 19.8. The van der Waals surface area contributed by atoms with Gasteiger partial charge in [-0.15, -0.1) is 0 Å². The van der Waals surface area contributed by atoms with E-state index >= 15 is 0 Å². The van der Waals surface area contributed by atoms with Crippen LogP contribution in [0.4, 0.5) is 5.69 Å². The van der Waals surface area contributed by atoms with Gasteiger partial charge in [0.2, 0.25) is 11.8 Å². The molecule has 2 aromatic rings. The smallest absolute Gasteiger partial charge is 0.238 e. The fourth-order valence-corrected chi connectivity index (χ4v) is 4.01. The Kier molecular flexibility index (Phi) is 5.44. The quantitative estimate of drug-likeness (QED) is 0.814. The molecule has 1 saturated heterocycles. The van der Waals surface area contributed by atoms with Gasteiger partial charge in [0.25, 0.3) is 0 Å². The number of nitrogens with one attached hydrogen (secondary N) is 2. The van der Waals surface area contributed by atoms with Crippen LogP contribution in [0.3, 0.4) is 0 Å². The van der Waals surface area contributed by atoms with Crippen LogP contribution in [0.1, 0.15) is 31.2 Å². The summed E-state index contributed by atoms with van der Waals surface area (Å²) in [6.07, 6.45) is 3.63. The summed E-state index contributed by atoms with van der Waals surface area (Å²) >= 11 is 0. The van der Waals surface area contributed by atoms with Crippen molar-refractivity contribution in [2.24, 2.45) is 0 Å². The van der Waals surface area contributed by atoms with E-state index in [4.69, 9.17) is 0 Å². The van der Waals surface area contributed by atoms with E-state index < -0.39 is 0 Å². The normalized spacial score (nSPS) is 19.0. The molecule has 2 N–H and O–H groups in total. The number of benzene rings is 2. The highest BCUT2D eigenvalue weighted by Gasteiger charge is 2.51. The van der Waals surface area contributed by atoms with Crippen LogP contribution in [0, 0.1) is 0 Å². The summed E-state index contributed by atoms with van der Waals surface area (Å²) < 4.78 is 0. The van der Waals surface area contributed by atoms with Crippen LogP contribution in [-0.4, -0.2) is 42.4 Å². The molecule has 0 bridgehead atoms. The summed E-state index contributed by atoms with van der Waals surface area (Å²) in [7, 11) is 0. The molecule has 0 radical (unpaired) electrons. The molecule has 1 heterocycles. The summed E-state index contributed by atoms with van der Waals surface area (Å²) in [6.45, 7) is 2.04. The van der Waals surface area contributed by atoms with Gasteiger partial charge in [0.15, 0.2) is 0 Å². The number of para-hydroxylation sites is 1. The van der Waals surface area contributed by atoms with E-state index in [1.54, 1.807) is 0 Å². The first-order chi connectivity index (χ1) is 13.7. The summed E-state index contributed by atoms with van der Waals surface area (Å²) in [4.78, 5) is 27.2. The van der Waals surface area contributed by atoms with Gasteiger partial charge in [0.05, 0.1) is 12.0 Å². The number of carbonyl (C=O) groups excluding carboxylic acids is 2. The first kappa shape index (κ1) is 18.7. The van der Waals surface area contributed by atoms with Crippen molar-refractivity contribution >= 4 is 17.5 Å². The van der Waals surface area contributed by atoms with Crippen LogP contribution in [-0.2, 0) is 15.0 Å². The lowest BCUT2D eigenvalue weighted by Gasteiger charge is -2.32. The number of amides is 2. The number of anilines is 1. The largest absolute Gasteiger partial charge is 0.353 e. The maximum absolute atomic E-state index is 12.9. The van der Waals surface area contributed by atoms with Crippen molar-refractivity contribution in [1.82, 2.24) is 10.2 Å². The molecule has 28 heavy (non-hydrogen) atoms. The molecule has 2 fully saturated rings. The van der Waals surface area contributed by atoms with E-state index in [0.717, 1.165) is 50.0 Å². The molecule has 2 aliphatic rings. The highest BCUT2D eigenvalue weighted by Crippen LogP contribution is 2.48. The average Bonchev–Trinajstić information content (AvgIpc) is 3.53. The lowest BCUT2D eigenvalue weighted by Crippen LogP contribution is -2.48. The fourth-order valence-electron chi connectivity index (χ4n) is 4.01. The molecule has 0 spiro atoms. The average molecular weight is 377 g/mol. The van der Waals surface area contributed by atoms with Gasteiger partial charge >= 0.3 is 0 Å². The zero-order valence-electron chi connectivity index (χ0n) is 16.1. The van der Waals surface area contributed by atoms with Gasteiger partial charge < -0.3 is 10.6 Å². The van der Waals surface area contributed by atoms with E-state index in [-0.39, 0.29) is 23.3 Å². The molecule has 0 aromatic heterocycles. The first-order valence-corrected chi connectivity index (χ1v) is 10.1. The molecule has 5 nitrogen and oxygen atoms in total. The van der Waals surface area contributed by atoms with Crippen LogP contribution < -0.4 is 10.6 Å². The van der Waals surface area contributed by atoms with E-state index in [1.165, 1.54) is 0 Å². The number of nitrogens with zero attached hydrogens (tertiary/aromatic N) is 1. The topological polar surface area (TPSA) is 61.4 Å². The Morgan fingerprint density at radius 2 is 1.54 bits per heavy atom. The van der Waals surface area contributed by atoms with Crippen molar-refractivity contribution in [3.8, 4) is 0 Å². The Hall–Kier alpha value is -2.66. The van der Waals surface area contributed by atoms with Gasteiger partial charge in [-0.2, -0.15) is 0 Å². The predicted molar refractivity (Wildman–Crippen MR) is 110 cm³/mol. The predicted octanol–water partition coefficient (Wildman–Crippen LogP) is 2.94. The highest BCUT2D eigenvalue weighted by molar-refractivity contribution is 5.92. The van der Waals surface area contributed by atoms with Crippen LogP contribution in [0.25, 0.3) is 0 Å². The molecule has 146 valence electrons. The second kappa shape index (κ2) is 8.15. The van der Waals surface area contributed by atoms with Crippen molar-refractivity contribution in [1.29, 1.82) is 0 Å². The van der Waals surface area contributed by atoms with Crippen molar-refractivity contribution < 1.29 is 9.59 Å². The van der Waals surface area contributed by atoms with Gasteiger partial charge in [-0.1, -0.05) is 48.5 Å². The minimum atomic E-state index is -0.312. The van der Waals surface area contributed by atoms with E-state index in [9.17, 15) is 9.59 Å². The number of rotatable bonds is 6. The lowest BCUT2D eigenvalue weighted by atomic mass is 9.94. The highest BCUT2D eigenvalue weighted by atomic mass is 16.2. The van der Waals surface area contributed by atoms with Crippen LogP contribution in [0.15, 0.2) is 60.7 Å². The van der Waals surface area contributed by atoms with Gasteiger partial charge in [0.1, 0.15) is 0 Å². The Balaban J connectivity index is 1.23. The second-order valence-corrected chi connectivity index (χ2v) is 7.89. The maximum Gasteiger partial charge on any atom is 0.238 e. The third-order valence-corrected chi connectivity index (χ3v) is 5.86. The van der Waals surface area contributed by atoms with Crippen LogP contribution in [0.5, 0.6) is 0 Å². The number of hydrogen-bond acceptors (Lipinski definition) is 3. The van der Waals surface area contributed by atoms with Gasteiger partial charge in [-0.05, 0) is 43.4 Å². The Morgan fingerprint density at radius 3 is 2.14 bits per heavy atom. The minimum absolute atomic E-state index is 0.00898. The molecule has 0 atom stereocenters. The SMILES string of the molecule is O=C(CN1CCC(NC(=O)C2(c3ccccc3)CC2)CC1)Nc1ccccc1. The standard InChI is InChI=1S/C23H27N3O2/c27-21(24-19-9-5-2-6-10-19)17-26-15-11-20(12-16-26)25-22(28)23(13-14-23)18-7-3-1-4-8-18/h1-10,20H,11-17H2,(H,24,27)(H,25,28). The number of piperidine rings is 1. The maximum atomic E-state index is 12.9. The monoisotopic (exact) mass is 377 g/mol. The molecule has 1 aliphatic heterocycles. The van der Waals surface area contributed by atoms with Crippen molar-refractivity contribution in [3.05, 3.63) is 66.2 Å². The minimum Gasteiger partial charge on any atom is -0.353 e. The fraction of sp³-hybridized carbons (Fsp3) is 0.391. The Labute approximate surface area is 166 Å². The number of carbonyl (C=O) groups is 2. The molecule has 2 amide bonds. The zero-order chi connectivity index (χ0) is 19.4. The van der Waals surface area contributed by atoms with E-state index in [1.807, 2.05) is 48.5 Å². The van der Waals surface area contributed by atoms with Crippen LogP contribution >= 0.6 is 0 Å². The zero-order valence-corrected chi connectivity index (χ0v) is 16.1. The summed E-state index contributed by atoms with van der Waals surface area (Å²) in [5, 5.41) is 6.20. The Bertz CT molecular complexity index is 810. The van der Waals surface area contributed by atoms with Gasteiger partial charge in [-0.25, -0.2) is 0 Å². The molecule has 5 heteroatoms. The number of likely N-dealkylation sites (tertiary alicyclic amines) is 1. The molecule has 2 aromatic carbocycles. The molecular weight excluding hydrogens is 350 g/mol. The molecule has 4 rings (SSSR count). The molecule has 1 saturated carbocycles. The third-order valence-electron chi connectivity index (χ3n) is 5.86. The Morgan fingerprint density at radius 1 is 0.929 bits per heavy atom. The summed E-state index contributed by atoms with van der Waals surface area (Å²) in [5.41, 5.74) is 1.64. The van der Waals surface area contributed by atoms with E-state index in [0.29, 0.717) is 6.54 Å². The molecule has 0 unspecified atom stereocenters. The van der Waals surface area contributed by atoms with Gasteiger partial charge in [-0.3, -0.25) is 14.5 Å². The molecule has 1 aliphatic carbocycles. The van der Waals surface area contributed by atoms with Crippen LogP contribution in [0.2, 0.25) is 0 Å².